The number of rotatable bonds is 2. The fraction of sp³-hybridized carbons (Fsp3) is 0.0769. The Kier molecular flexibility index (Phi) is 2.26. The molecular weight excluding hydrogens is 212 g/mol. The van der Waals surface area contributed by atoms with Crippen molar-refractivity contribution in [1.82, 2.24) is 19.6 Å². The highest BCUT2D eigenvalue weighted by Crippen LogP contribution is 2.25. The Balaban J connectivity index is 2.20. The van der Waals surface area contributed by atoms with Crippen LogP contribution in [-0.2, 0) is 7.05 Å². The second-order valence-corrected chi connectivity index (χ2v) is 3.82. The molecule has 0 N–H and O–H groups in total. The first-order chi connectivity index (χ1) is 8.36. The monoisotopic (exact) mass is 224 g/mol. The zero-order valence-electron chi connectivity index (χ0n) is 9.49. The molecule has 0 saturated carbocycles. The summed E-state index contributed by atoms with van der Waals surface area (Å²) in [5.41, 5.74) is 3.19. The molecule has 2 aromatic heterocycles. The van der Waals surface area contributed by atoms with Crippen LogP contribution in [0.25, 0.3) is 16.9 Å². The molecule has 17 heavy (non-hydrogen) atoms. The SMILES string of the molecule is Cn1ncc(-n2cccn2)c1-c1ccccc1. The van der Waals surface area contributed by atoms with Gasteiger partial charge in [0.2, 0.25) is 0 Å². The van der Waals surface area contributed by atoms with Crippen LogP contribution in [0.5, 0.6) is 0 Å². The minimum Gasteiger partial charge on any atom is -0.266 e. The maximum atomic E-state index is 4.30. The van der Waals surface area contributed by atoms with E-state index >= 15 is 0 Å². The van der Waals surface area contributed by atoms with Crippen LogP contribution in [0.2, 0.25) is 0 Å². The van der Waals surface area contributed by atoms with E-state index in [2.05, 4.69) is 22.3 Å². The maximum Gasteiger partial charge on any atom is 0.110 e. The summed E-state index contributed by atoms with van der Waals surface area (Å²) in [4.78, 5) is 0. The number of nitrogens with zero attached hydrogens (tertiary/aromatic N) is 4. The first-order valence-corrected chi connectivity index (χ1v) is 5.44. The van der Waals surface area contributed by atoms with E-state index in [0.29, 0.717) is 0 Å². The Labute approximate surface area is 99.1 Å². The largest absolute Gasteiger partial charge is 0.266 e. The third-order valence-electron chi connectivity index (χ3n) is 2.72. The van der Waals surface area contributed by atoms with Gasteiger partial charge in [0.05, 0.1) is 11.9 Å². The van der Waals surface area contributed by atoms with Crippen LogP contribution < -0.4 is 0 Å². The molecule has 2 heterocycles. The van der Waals surface area contributed by atoms with Crippen LogP contribution in [0.3, 0.4) is 0 Å². The van der Waals surface area contributed by atoms with E-state index in [-0.39, 0.29) is 0 Å². The van der Waals surface area contributed by atoms with Gasteiger partial charge in [-0.05, 0) is 6.07 Å². The molecule has 0 aliphatic rings. The molecule has 0 saturated heterocycles. The lowest BCUT2D eigenvalue weighted by Gasteiger charge is -2.06. The van der Waals surface area contributed by atoms with Crippen molar-refractivity contribution in [2.45, 2.75) is 0 Å². The minimum atomic E-state index is 0.990. The van der Waals surface area contributed by atoms with Crippen LogP contribution >= 0.6 is 0 Å². The summed E-state index contributed by atoms with van der Waals surface area (Å²) in [7, 11) is 1.94. The number of hydrogen-bond donors (Lipinski definition) is 0. The van der Waals surface area contributed by atoms with Gasteiger partial charge in [0.25, 0.3) is 0 Å². The molecule has 84 valence electrons. The lowest BCUT2D eigenvalue weighted by Crippen LogP contribution is -1.98. The van der Waals surface area contributed by atoms with Crippen LogP contribution in [0.4, 0.5) is 0 Å². The number of aromatic nitrogens is 4. The zero-order valence-corrected chi connectivity index (χ0v) is 9.49. The Morgan fingerprint density at radius 2 is 1.82 bits per heavy atom. The number of hydrogen-bond acceptors (Lipinski definition) is 2. The van der Waals surface area contributed by atoms with Crippen molar-refractivity contribution in [1.29, 1.82) is 0 Å². The summed E-state index contributed by atoms with van der Waals surface area (Å²) in [5.74, 6) is 0. The smallest absolute Gasteiger partial charge is 0.110 e. The lowest BCUT2D eigenvalue weighted by molar-refractivity contribution is 0.774. The Morgan fingerprint density at radius 3 is 2.53 bits per heavy atom. The van der Waals surface area contributed by atoms with Gasteiger partial charge in [-0.2, -0.15) is 10.2 Å². The molecule has 4 nitrogen and oxygen atoms in total. The van der Waals surface area contributed by atoms with Gasteiger partial charge in [-0.1, -0.05) is 30.3 Å². The highest BCUT2D eigenvalue weighted by Gasteiger charge is 2.12. The third-order valence-corrected chi connectivity index (χ3v) is 2.72. The van der Waals surface area contributed by atoms with Crippen LogP contribution in [0.15, 0.2) is 55.0 Å². The predicted octanol–water partition coefficient (Wildman–Crippen LogP) is 2.27. The van der Waals surface area contributed by atoms with E-state index in [4.69, 9.17) is 0 Å². The van der Waals surface area contributed by atoms with Crippen LogP contribution in [-0.4, -0.2) is 19.6 Å². The van der Waals surface area contributed by atoms with Gasteiger partial charge in [0, 0.05) is 25.0 Å². The second-order valence-electron chi connectivity index (χ2n) is 3.82. The molecule has 0 fully saturated rings. The summed E-state index contributed by atoms with van der Waals surface area (Å²) in [6, 6.07) is 12.1. The number of benzene rings is 1. The van der Waals surface area contributed by atoms with Gasteiger partial charge in [-0.15, -0.1) is 0 Å². The van der Waals surface area contributed by atoms with Crippen molar-refractivity contribution < 1.29 is 0 Å². The highest BCUT2D eigenvalue weighted by molar-refractivity contribution is 5.68. The summed E-state index contributed by atoms with van der Waals surface area (Å²) >= 11 is 0. The summed E-state index contributed by atoms with van der Waals surface area (Å²) in [6.45, 7) is 0. The van der Waals surface area contributed by atoms with Gasteiger partial charge in [-0.3, -0.25) is 4.68 Å². The average Bonchev–Trinajstić information content (AvgIpc) is 2.98. The van der Waals surface area contributed by atoms with Crippen molar-refractivity contribution in [3.05, 3.63) is 55.0 Å². The van der Waals surface area contributed by atoms with Crippen molar-refractivity contribution in [2.75, 3.05) is 0 Å². The van der Waals surface area contributed by atoms with E-state index < -0.39 is 0 Å². The first kappa shape index (κ1) is 9.84. The van der Waals surface area contributed by atoms with E-state index in [0.717, 1.165) is 16.9 Å². The van der Waals surface area contributed by atoms with Gasteiger partial charge in [0.15, 0.2) is 0 Å². The standard InChI is InChI=1S/C13H12N4/c1-16-13(11-6-3-2-4-7-11)12(10-15-16)17-9-5-8-14-17/h2-10H,1H3. The molecule has 0 spiro atoms. The molecule has 0 aliphatic heterocycles. The molecule has 3 rings (SSSR count). The maximum absolute atomic E-state index is 4.30. The summed E-state index contributed by atoms with van der Waals surface area (Å²) in [6.07, 6.45) is 5.51. The number of aryl methyl sites for hydroxylation is 1. The van der Waals surface area contributed by atoms with Crippen LogP contribution in [0.1, 0.15) is 0 Å². The van der Waals surface area contributed by atoms with Crippen molar-refractivity contribution in [3.63, 3.8) is 0 Å². The molecule has 0 amide bonds. The molecule has 4 heteroatoms. The van der Waals surface area contributed by atoms with Crippen molar-refractivity contribution >= 4 is 0 Å². The normalized spacial score (nSPS) is 10.6. The highest BCUT2D eigenvalue weighted by atomic mass is 15.3. The Hall–Kier alpha value is -2.36. The molecule has 0 atom stereocenters. The van der Waals surface area contributed by atoms with Gasteiger partial charge in [-0.25, -0.2) is 4.68 Å². The molecule has 0 radical (unpaired) electrons. The van der Waals surface area contributed by atoms with Crippen molar-refractivity contribution in [3.8, 4) is 16.9 Å². The van der Waals surface area contributed by atoms with E-state index in [1.165, 1.54) is 0 Å². The fourth-order valence-electron chi connectivity index (χ4n) is 1.94. The van der Waals surface area contributed by atoms with Crippen LogP contribution in [0, 0.1) is 0 Å². The molecule has 3 aromatic rings. The summed E-state index contributed by atoms with van der Waals surface area (Å²) < 4.78 is 3.70. The Morgan fingerprint density at radius 1 is 1.00 bits per heavy atom. The summed E-state index contributed by atoms with van der Waals surface area (Å²) in [5, 5.41) is 8.55. The minimum absolute atomic E-state index is 0.990. The van der Waals surface area contributed by atoms with Gasteiger partial charge >= 0.3 is 0 Å². The molecule has 1 aromatic carbocycles. The molecular formula is C13H12N4. The Bertz CT molecular complexity index is 608. The van der Waals surface area contributed by atoms with E-state index in [1.807, 2.05) is 53.1 Å². The van der Waals surface area contributed by atoms with Gasteiger partial charge in [0.1, 0.15) is 5.69 Å². The first-order valence-electron chi connectivity index (χ1n) is 5.44. The molecule has 0 unspecified atom stereocenters. The zero-order chi connectivity index (χ0) is 11.7. The molecule has 0 aliphatic carbocycles. The topological polar surface area (TPSA) is 35.6 Å². The average molecular weight is 224 g/mol. The quantitative estimate of drug-likeness (QED) is 0.669. The third kappa shape index (κ3) is 1.63. The van der Waals surface area contributed by atoms with Crippen molar-refractivity contribution in [2.24, 2.45) is 7.05 Å². The second kappa shape index (κ2) is 3.90. The molecule has 0 bridgehead atoms. The fourth-order valence-corrected chi connectivity index (χ4v) is 1.94. The lowest BCUT2D eigenvalue weighted by atomic mass is 10.1. The van der Waals surface area contributed by atoms with E-state index in [1.54, 1.807) is 6.20 Å². The van der Waals surface area contributed by atoms with E-state index in [9.17, 15) is 0 Å². The van der Waals surface area contributed by atoms with Gasteiger partial charge < -0.3 is 0 Å². The predicted molar refractivity (Wildman–Crippen MR) is 65.8 cm³/mol.